The fourth-order valence-corrected chi connectivity index (χ4v) is 3.72. The molecule has 1 aromatic rings. The molecule has 2 rings (SSSR count). The number of hydrogen-bond acceptors (Lipinski definition) is 2. The Balaban J connectivity index is 2.45. The van der Waals surface area contributed by atoms with Crippen LogP contribution in [0.2, 0.25) is 10.0 Å². The van der Waals surface area contributed by atoms with Crippen LogP contribution in [0.3, 0.4) is 0 Å². The molecule has 0 radical (unpaired) electrons. The first-order valence-electron chi connectivity index (χ1n) is 6.95. The lowest BCUT2D eigenvalue weighted by atomic mass is 9.58. The highest BCUT2D eigenvalue weighted by atomic mass is 35.5. The molecule has 112 valence electrons. The molecular weight excluding hydrogens is 293 g/mol. The first-order chi connectivity index (χ1) is 9.32. The summed E-state index contributed by atoms with van der Waals surface area (Å²) in [6, 6.07) is 6.02. The lowest BCUT2D eigenvalue weighted by Crippen LogP contribution is -2.56. The third-order valence-electron chi connectivity index (χ3n) is 4.96. The third-order valence-corrected chi connectivity index (χ3v) is 5.70. The average molecular weight is 316 g/mol. The molecule has 4 heteroatoms. The van der Waals surface area contributed by atoms with Crippen molar-refractivity contribution in [2.75, 3.05) is 33.9 Å². The third kappa shape index (κ3) is 2.71. The molecule has 1 aromatic carbocycles. The maximum atomic E-state index is 6.22. The summed E-state index contributed by atoms with van der Waals surface area (Å²) in [5.41, 5.74) is 1.33. The van der Waals surface area contributed by atoms with E-state index >= 15 is 0 Å². The molecule has 2 nitrogen and oxygen atoms in total. The first-order valence-corrected chi connectivity index (χ1v) is 7.71. The van der Waals surface area contributed by atoms with Crippen LogP contribution >= 0.6 is 23.2 Å². The second-order valence-electron chi connectivity index (χ2n) is 6.44. The molecule has 0 N–H and O–H groups in total. The number of likely N-dealkylation sites (tertiary alicyclic amines) is 1. The van der Waals surface area contributed by atoms with E-state index in [9.17, 15) is 0 Å². The van der Waals surface area contributed by atoms with Crippen LogP contribution in [0.5, 0.6) is 0 Å². The van der Waals surface area contributed by atoms with Crippen molar-refractivity contribution >= 4 is 23.2 Å². The van der Waals surface area contributed by atoms with E-state index in [0.29, 0.717) is 10.0 Å². The number of ether oxygens (including phenoxy) is 1. The number of hydrogen-bond donors (Lipinski definition) is 0. The summed E-state index contributed by atoms with van der Waals surface area (Å²) in [6.45, 7) is 7.44. The Morgan fingerprint density at radius 3 is 2.55 bits per heavy atom. The van der Waals surface area contributed by atoms with E-state index < -0.39 is 0 Å². The zero-order chi connectivity index (χ0) is 15.0. The predicted molar refractivity (Wildman–Crippen MR) is 85.9 cm³/mol. The summed E-state index contributed by atoms with van der Waals surface area (Å²) < 4.78 is 5.52. The number of nitrogens with zero attached hydrogens (tertiary/aromatic N) is 1. The van der Waals surface area contributed by atoms with Crippen molar-refractivity contribution in [2.24, 2.45) is 5.41 Å². The average Bonchev–Trinajstić information content (AvgIpc) is 2.38. The van der Waals surface area contributed by atoms with E-state index in [2.05, 4.69) is 31.9 Å². The smallest absolute Gasteiger partial charge is 0.0595 e. The Morgan fingerprint density at radius 1 is 1.25 bits per heavy atom. The molecule has 1 fully saturated rings. The Hall–Kier alpha value is -0.280. The lowest BCUT2D eigenvalue weighted by molar-refractivity contribution is -0.0269. The highest BCUT2D eigenvalue weighted by Gasteiger charge is 2.48. The predicted octanol–water partition coefficient (Wildman–Crippen LogP) is 4.24. The summed E-state index contributed by atoms with van der Waals surface area (Å²) in [5, 5.41) is 1.24. The maximum absolute atomic E-state index is 6.22. The number of methoxy groups -OCH3 is 1. The molecule has 2 atom stereocenters. The zero-order valence-electron chi connectivity index (χ0n) is 12.7. The van der Waals surface area contributed by atoms with Crippen molar-refractivity contribution in [3.05, 3.63) is 33.8 Å². The normalized spacial score (nSPS) is 31.5. The minimum absolute atomic E-state index is 0.0315. The molecule has 20 heavy (non-hydrogen) atoms. The van der Waals surface area contributed by atoms with E-state index in [1.54, 1.807) is 7.11 Å². The summed E-state index contributed by atoms with van der Waals surface area (Å²) in [7, 11) is 3.94. The molecule has 0 bridgehead atoms. The van der Waals surface area contributed by atoms with Gasteiger partial charge in [-0.3, -0.25) is 0 Å². The van der Waals surface area contributed by atoms with Crippen molar-refractivity contribution in [1.29, 1.82) is 0 Å². The van der Waals surface area contributed by atoms with Crippen molar-refractivity contribution in [3.63, 3.8) is 0 Å². The van der Waals surface area contributed by atoms with E-state index in [1.165, 1.54) is 5.56 Å². The first kappa shape index (κ1) is 16.1. The van der Waals surface area contributed by atoms with Crippen molar-refractivity contribution in [3.8, 4) is 0 Å². The molecule has 1 aliphatic rings. The zero-order valence-corrected chi connectivity index (χ0v) is 14.2. The maximum Gasteiger partial charge on any atom is 0.0595 e. The van der Waals surface area contributed by atoms with Crippen LogP contribution in [0.15, 0.2) is 18.2 Å². The SMILES string of the molecule is COC[C@]1(C)CN(C)CC[C@]1(C)c1ccc(Cl)c(Cl)c1. The number of benzene rings is 1. The molecular formula is C16H23Cl2NO. The van der Waals surface area contributed by atoms with Gasteiger partial charge in [0, 0.05) is 24.5 Å². The fraction of sp³-hybridized carbons (Fsp3) is 0.625. The molecule has 0 amide bonds. The van der Waals surface area contributed by atoms with Gasteiger partial charge in [-0.05, 0) is 37.7 Å². The van der Waals surface area contributed by atoms with Gasteiger partial charge >= 0.3 is 0 Å². The Morgan fingerprint density at radius 2 is 1.95 bits per heavy atom. The van der Waals surface area contributed by atoms with Gasteiger partial charge in [-0.2, -0.15) is 0 Å². The molecule has 0 unspecified atom stereocenters. The number of rotatable bonds is 3. The standard InChI is InChI=1S/C16H23Cl2NO/c1-15(11-20-4)10-19(3)8-7-16(15,2)12-5-6-13(17)14(18)9-12/h5-6,9H,7-8,10-11H2,1-4H3/t15-,16+/m0/s1. The van der Waals surface area contributed by atoms with Crippen LogP contribution in [0.4, 0.5) is 0 Å². The second-order valence-corrected chi connectivity index (χ2v) is 7.26. The summed E-state index contributed by atoms with van der Waals surface area (Å²) >= 11 is 12.3. The topological polar surface area (TPSA) is 12.5 Å². The Labute approximate surface area is 132 Å². The lowest BCUT2D eigenvalue weighted by Gasteiger charge is -2.53. The van der Waals surface area contributed by atoms with Gasteiger partial charge in [0.05, 0.1) is 16.7 Å². The van der Waals surface area contributed by atoms with Crippen LogP contribution in [-0.2, 0) is 10.2 Å². The fourth-order valence-electron chi connectivity index (χ4n) is 3.42. The molecule has 1 heterocycles. The number of piperidine rings is 1. The van der Waals surface area contributed by atoms with E-state index in [0.717, 1.165) is 26.1 Å². The molecule has 0 aliphatic carbocycles. The van der Waals surface area contributed by atoms with Gasteiger partial charge < -0.3 is 9.64 Å². The summed E-state index contributed by atoms with van der Waals surface area (Å²) in [5.74, 6) is 0. The van der Waals surface area contributed by atoms with Gasteiger partial charge in [-0.25, -0.2) is 0 Å². The monoisotopic (exact) mass is 315 g/mol. The minimum atomic E-state index is 0.0315. The largest absolute Gasteiger partial charge is 0.384 e. The minimum Gasteiger partial charge on any atom is -0.384 e. The molecule has 0 aromatic heterocycles. The van der Waals surface area contributed by atoms with Gasteiger partial charge in [0.2, 0.25) is 0 Å². The van der Waals surface area contributed by atoms with Gasteiger partial charge in [-0.15, -0.1) is 0 Å². The molecule has 1 aliphatic heterocycles. The van der Waals surface area contributed by atoms with E-state index in [-0.39, 0.29) is 10.8 Å². The van der Waals surface area contributed by atoms with E-state index in [1.807, 2.05) is 12.1 Å². The Bertz CT molecular complexity index is 493. The highest BCUT2D eigenvalue weighted by molar-refractivity contribution is 6.42. The van der Waals surface area contributed by atoms with Crippen LogP contribution in [-0.4, -0.2) is 38.8 Å². The molecule has 1 saturated heterocycles. The number of halogens is 2. The van der Waals surface area contributed by atoms with Crippen LogP contribution < -0.4 is 0 Å². The van der Waals surface area contributed by atoms with Crippen LogP contribution in [0.25, 0.3) is 0 Å². The highest BCUT2D eigenvalue weighted by Crippen LogP contribution is 2.48. The van der Waals surface area contributed by atoms with Gasteiger partial charge in [0.25, 0.3) is 0 Å². The van der Waals surface area contributed by atoms with Crippen molar-refractivity contribution in [2.45, 2.75) is 25.7 Å². The van der Waals surface area contributed by atoms with E-state index in [4.69, 9.17) is 27.9 Å². The van der Waals surface area contributed by atoms with Gasteiger partial charge in [-0.1, -0.05) is 43.1 Å². The molecule has 0 spiro atoms. The van der Waals surface area contributed by atoms with Crippen LogP contribution in [0, 0.1) is 5.41 Å². The van der Waals surface area contributed by atoms with Gasteiger partial charge in [0.1, 0.15) is 0 Å². The quantitative estimate of drug-likeness (QED) is 0.827. The van der Waals surface area contributed by atoms with Crippen molar-refractivity contribution < 1.29 is 4.74 Å². The van der Waals surface area contributed by atoms with Crippen LogP contribution in [0.1, 0.15) is 25.8 Å². The van der Waals surface area contributed by atoms with Gasteiger partial charge in [0.15, 0.2) is 0 Å². The summed E-state index contributed by atoms with van der Waals surface area (Å²) in [6.07, 6.45) is 1.08. The Kier molecular flexibility index (Phi) is 4.70. The second kappa shape index (κ2) is 5.84. The summed E-state index contributed by atoms with van der Waals surface area (Å²) in [4.78, 5) is 2.37. The molecule has 0 saturated carbocycles. The van der Waals surface area contributed by atoms with Crippen molar-refractivity contribution in [1.82, 2.24) is 4.90 Å².